The summed E-state index contributed by atoms with van der Waals surface area (Å²) in [4.78, 5) is 17.9. The van der Waals surface area contributed by atoms with Gasteiger partial charge in [-0.2, -0.15) is 0 Å². The van der Waals surface area contributed by atoms with Crippen molar-refractivity contribution in [2.45, 2.75) is 17.9 Å². The van der Waals surface area contributed by atoms with Gasteiger partial charge in [-0.3, -0.25) is 0 Å². The number of benzene rings is 1. The van der Waals surface area contributed by atoms with E-state index in [2.05, 4.69) is 56.2 Å². The fraction of sp³-hybridized carbons (Fsp3) is 0.105. The van der Waals surface area contributed by atoms with Gasteiger partial charge >= 0.3 is 0 Å². The number of H-pyrrole nitrogens is 1. The van der Waals surface area contributed by atoms with Crippen LogP contribution in [0.25, 0.3) is 17.2 Å². The van der Waals surface area contributed by atoms with Gasteiger partial charge in [-0.05, 0) is 36.6 Å². The summed E-state index contributed by atoms with van der Waals surface area (Å²) in [5.41, 5.74) is 3.45. The van der Waals surface area contributed by atoms with Gasteiger partial charge in [0.05, 0.1) is 12.4 Å². The second-order valence-corrected chi connectivity index (χ2v) is 7.38. The Morgan fingerprint density at radius 3 is 2.81 bits per heavy atom. The van der Waals surface area contributed by atoms with Crippen LogP contribution < -0.4 is 10.6 Å². The van der Waals surface area contributed by atoms with Crippen LogP contribution in [0.5, 0.6) is 0 Å². The largest absolute Gasteiger partial charge is 0.360 e. The van der Waals surface area contributed by atoms with Crippen molar-refractivity contribution in [1.29, 1.82) is 0 Å². The van der Waals surface area contributed by atoms with E-state index in [1.165, 1.54) is 6.33 Å². The van der Waals surface area contributed by atoms with Gasteiger partial charge in [-0.15, -0.1) is 24.0 Å². The first-order chi connectivity index (χ1) is 13.2. The molecule has 1 aromatic carbocycles. The number of aromatic nitrogens is 4. The number of thiol groups is 1. The number of fused-ring (bicyclic) bond motifs is 1. The van der Waals surface area contributed by atoms with E-state index in [-0.39, 0.29) is 6.04 Å². The van der Waals surface area contributed by atoms with Gasteiger partial charge < -0.3 is 15.6 Å². The summed E-state index contributed by atoms with van der Waals surface area (Å²) < 4.78 is 0. The number of rotatable bonds is 6. The monoisotopic (exact) mass is 394 g/mol. The van der Waals surface area contributed by atoms with Crippen LogP contribution in [0.4, 0.5) is 11.5 Å². The predicted molar refractivity (Wildman–Crippen MR) is 114 cm³/mol. The fourth-order valence-corrected chi connectivity index (χ4v) is 3.81. The van der Waals surface area contributed by atoms with Crippen LogP contribution in [0.1, 0.15) is 11.8 Å². The second kappa shape index (κ2) is 7.81. The van der Waals surface area contributed by atoms with Crippen molar-refractivity contribution < 1.29 is 0 Å². The van der Waals surface area contributed by atoms with E-state index in [0.29, 0.717) is 11.5 Å². The number of anilines is 2. The van der Waals surface area contributed by atoms with Gasteiger partial charge in [0.15, 0.2) is 11.5 Å². The van der Waals surface area contributed by atoms with Crippen molar-refractivity contribution in [1.82, 2.24) is 19.9 Å². The molecule has 3 N–H and O–H groups in total. The molecule has 27 heavy (non-hydrogen) atoms. The SMILES string of the molecule is CC(Nc1ncnc2nc[nH]c12)/C(=C/c1sccc1S)Nc1ccccc1. The minimum Gasteiger partial charge on any atom is -0.360 e. The third-order valence-corrected chi connectivity index (χ3v) is 5.47. The van der Waals surface area contributed by atoms with Crippen molar-refractivity contribution in [3.05, 3.63) is 65.0 Å². The summed E-state index contributed by atoms with van der Waals surface area (Å²) in [6.45, 7) is 2.08. The highest BCUT2D eigenvalue weighted by molar-refractivity contribution is 7.80. The highest BCUT2D eigenvalue weighted by atomic mass is 32.1. The number of thiophene rings is 1. The van der Waals surface area contributed by atoms with Crippen molar-refractivity contribution in [3.8, 4) is 0 Å². The van der Waals surface area contributed by atoms with Gasteiger partial charge in [0.25, 0.3) is 0 Å². The van der Waals surface area contributed by atoms with Crippen molar-refractivity contribution in [3.63, 3.8) is 0 Å². The summed E-state index contributed by atoms with van der Waals surface area (Å²) in [5.74, 6) is 0.711. The average Bonchev–Trinajstić information content (AvgIpc) is 3.32. The lowest BCUT2D eigenvalue weighted by Crippen LogP contribution is -2.23. The highest BCUT2D eigenvalue weighted by Crippen LogP contribution is 2.26. The first kappa shape index (κ1) is 17.6. The Bertz CT molecular complexity index is 1070. The zero-order chi connectivity index (χ0) is 18.6. The predicted octanol–water partition coefficient (Wildman–Crippen LogP) is 4.66. The Hall–Kier alpha value is -2.84. The van der Waals surface area contributed by atoms with E-state index in [4.69, 9.17) is 0 Å². The molecule has 4 aromatic rings. The Balaban J connectivity index is 1.66. The third-order valence-electron chi connectivity index (χ3n) is 4.07. The first-order valence-electron chi connectivity index (χ1n) is 8.41. The molecule has 0 amide bonds. The zero-order valence-corrected chi connectivity index (χ0v) is 16.3. The highest BCUT2D eigenvalue weighted by Gasteiger charge is 2.14. The van der Waals surface area contributed by atoms with Crippen LogP contribution in [-0.2, 0) is 0 Å². The molecule has 0 saturated carbocycles. The molecule has 0 bridgehead atoms. The Morgan fingerprint density at radius 1 is 1.19 bits per heavy atom. The molecule has 6 nitrogen and oxygen atoms in total. The second-order valence-electron chi connectivity index (χ2n) is 5.95. The van der Waals surface area contributed by atoms with E-state index in [9.17, 15) is 0 Å². The molecule has 4 rings (SSSR count). The summed E-state index contributed by atoms with van der Waals surface area (Å²) >= 11 is 6.19. The van der Waals surface area contributed by atoms with Crippen LogP contribution in [-0.4, -0.2) is 26.0 Å². The van der Waals surface area contributed by atoms with Crippen LogP contribution >= 0.6 is 24.0 Å². The summed E-state index contributed by atoms with van der Waals surface area (Å²) in [6.07, 6.45) is 5.24. The topological polar surface area (TPSA) is 78.5 Å². The maximum Gasteiger partial charge on any atom is 0.182 e. The molecule has 1 atom stereocenters. The van der Waals surface area contributed by atoms with Crippen LogP contribution in [0.2, 0.25) is 0 Å². The molecule has 8 heteroatoms. The molecule has 0 aliphatic carbocycles. The van der Waals surface area contributed by atoms with Gasteiger partial charge in [0.2, 0.25) is 0 Å². The van der Waals surface area contributed by atoms with E-state index in [0.717, 1.165) is 26.7 Å². The third kappa shape index (κ3) is 3.96. The molecular weight excluding hydrogens is 376 g/mol. The minimum absolute atomic E-state index is 0.0403. The van der Waals surface area contributed by atoms with E-state index in [1.807, 2.05) is 41.8 Å². The molecule has 0 aliphatic rings. The quantitative estimate of drug-likeness (QED) is 0.358. The van der Waals surface area contributed by atoms with Crippen LogP contribution in [0, 0.1) is 0 Å². The number of nitrogens with one attached hydrogen (secondary N) is 3. The Kier molecular flexibility index (Phi) is 5.08. The molecule has 0 radical (unpaired) electrons. The number of para-hydroxylation sites is 1. The molecule has 0 saturated heterocycles. The normalized spacial score (nSPS) is 12.9. The van der Waals surface area contributed by atoms with E-state index in [1.54, 1.807) is 17.7 Å². The Morgan fingerprint density at radius 2 is 2.04 bits per heavy atom. The number of hydrogen-bond donors (Lipinski definition) is 4. The van der Waals surface area contributed by atoms with Crippen LogP contribution in [0.15, 0.2) is 65.0 Å². The molecule has 1 unspecified atom stereocenters. The van der Waals surface area contributed by atoms with Crippen LogP contribution in [0.3, 0.4) is 0 Å². The molecule has 3 heterocycles. The van der Waals surface area contributed by atoms with Gasteiger partial charge in [-0.1, -0.05) is 18.2 Å². The lowest BCUT2D eigenvalue weighted by Gasteiger charge is -2.20. The smallest absolute Gasteiger partial charge is 0.182 e. The maximum atomic E-state index is 4.54. The molecule has 3 aromatic heterocycles. The van der Waals surface area contributed by atoms with E-state index >= 15 is 0 Å². The minimum atomic E-state index is -0.0403. The standard InChI is InChI=1S/C19H18N6S2/c1-12(24-19-17-18(21-10-20-17)22-11-23-19)14(9-16-15(26)7-8-27-16)25-13-5-3-2-4-6-13/h2-12,25-26H,1H3,(H2,20,21,22,23,24)/b14-9-. The number of nitrogens with zero attached hydrogens (tertiary/aromatic N) is 3. The average molecular weight is 395 g/mol. The van der Waals surface area contributed by atoms with Gasteiger partial charge in [-0.25, -0.2) is 15.0 Å². The number of imidazole rings is 1. The summed E-state index contributed by atoms with van der Waals surface area (Å²) in [5, 5.41) is 8.99. The van der Waals surface area contributed by atoms with Gasteiger partial charge in [0.1, 0.15) is 11.8 Å². The Labute approximate surface area is 166 Å². The van der Waals surface area contributed by atoms with Crippen molar-refractivity contribution >= 4 is 52.7 Å². The van der Waals surface area contributed by atoms with Crippen molar-refractivity contribution in [2.75, 3.05) is 10.6 Å². The van der Waals surface area contributed by atoms with Crippen molar-refractivity contribution in [2.24, 2.45) is 0 Å². The molecule has 0 spiro atoms. The molecular formula is C19H18N6S2. The molecule has 0 fully saturated rings. The fourth-order valence-electron chi connectivity index (χ4n) is 2.68. The first-order valence-corrected chi connectivity index (χ1v) is 9.74. The molecule has 0 aliphatic heterocycles. The lowest BCUT2D eigenvalue weighted by molar-refractivity contribution is 0.924. The summed E-state index contributed by atoms with van der Waals surface area (Å²) in [6, 6.07) is 12.0. The summed E-state index contributed by atoms with van der Waals surface area (Å²) in [7, 11) is 0. The van der Waals surface area contributed by atoms with Gasteiger partial charge in [0, 0.05) is 21.2 Å². The zero-order valence-electron chi connectivity index (χ0n) is 14.5. The lowest BCUT2D eigenvalue weighted by atomic mass is 10.2. The molecule has 136 valence electrons. The number of hydrogen-bond acceptors (Lipinski definition) is 7. The van der Waals surface area contributed by atoms with E-state index < -0.39 is 0 Å². The number of aromatic amines is 1. The maximum absolute atomic E-state index is 4.54.